The van der Waals surface area contributed by atoms with Gasteiger partial charge in [0.25, 0.3) is 0 Å². The maximum Gasteiger partial charge on any atom is 0.305 e. The van der Waals surface area contributed by atoms with Crippen molar-refractivity contribution in [3.63, 3.8) is 0 Å². The summed E-state index contributed by atoms with van der Waals surface area (Å²) in [4.78, 5) is 44.3. The van der Waals surface area contributed by atoms with E-state index >= 15 is 0 Å². The summed E-state index contributed by atoms with van der Waals surface area (Å²) >= 11 is 6.55. The topological polar surface area (TPSA) is 88.2 Å². The minimum Gasteiger partial charge on any atom is -0.488 e. The van der Waals surface area contributed by atoms with Gasteiger partial charge in [-0.05, 0) is 67.0 Å². The molecule has 268 valence electrons. The Hall–Kier alpha value is -4.53. The van der Waals surface area contributed by atoms with Crippen LogP contribution in [0.15, 0.2) is 60.7 Å². The lowest BCUT2D eigenvalue weighted by Crippen LogP contribution is -2.73. The Morgan fingerprint density at radius 2 is 1.75 bits per heavy atom. The standard InChI is InChI=1S/C39H39ClF3N3O5/c1-50-34(48)12-4-11-33(47)46-24-28-9-5-21-39(44-28,37(46)38(49)45(29-17-18-29)23-26-8-2-3-10-30(26)40)27-15-13-25(14-16-27)7-6-22-51-36-32(42)20-19-31(41)35(36)43/h2-3,8,10,13-16,19-20,28-29,37,44H,4,6-7,11-12,17-18,21-24H2,1H3/t28-,37?,39+/m0/s1. The SMILES string of the molecule is COC(=O)CCCC(=O)N1C[C@@H]2C#CC[C@](c3ccc(CCCOc4c(F)ccc(F)c4F)cc3)(N2)C1C(=O)N(Cc1ccccc1Cl)C1CC1. The highest BCUT2D eigenvalue weighted by Gasteiger charge is 2.56. The van der Waals surface area contributed by atoms with E-state index in [9.17, 15) is 27.6 Å². The molecule has 2 amide bonds. The molecule has 3 aromatic rings. The zero-order valence-electron chi connectivity index (χ0n) is 28.2. The summed E-state index contributed by atoms with van der Waals surface area (Å²) in [5.41, 5.74) is 1.46. The molecule has 0 spiro atoms. The second kappa shape index (κ2) is 15.8. The molecule has 8 nitrogen and oxygen atoms in total. The summed E-state index contributed by atoms with van der Waals surface area (Å²) in [6, 6.07) is 15.3. The maximum atomic E-state index is 15.0. The predicted molar refractivity (Wildman–Crippen MR) is 184 cm³/mol. The first-order valence-electron chi connectivity index (χ1n) is 17.1. The summed E-state index contributed by atoms with van der Waals surface area (Å²) in [5.74, 6) is 1.34. The van der Waals surface area contributed by atoms with Crippen LogP contribution in [0.4, 0.5) is 13.2 Å². The highest BCUT2D eigenvalue weighted by Crippen LogP contribution is 2.41. The smallest absolute Gasteiger partial charge is 0.305 e. The van der Waals surface area contributed by atoms with Gasteiger partial charge in [-0.25, -0.2) is 8.78 Å². The zero-order valence-corrected chi connectivity index (χ0v) is 29.0. The van der Waals surface area contributed by atoms with E-state index in [-0.39, 0.29) is 62.7 Å². The molecule has 2 aliphatic heterocycles. The van der Waals surface area contributed by atoms with Gasteiger partial charge < -0.3 is 19.3 Å². The second-order valence-corrected chi connectivity index (χ2v) is 13.6. The first-order chi connectivity index (χ1) is 24.6. The van der Waals surface area contributed by atoms with E-state index in [0.717, 1.165) is 35.6 Å². The van der Waals surface area contributed by atoms with Gasteiger partial charge in [0.05, 0.1) is 25.3 Å². The molecule has 1 aliphatic carbocycles. The Bertz CT molecular complexity index is 1840. The first kappa shape index (κ1) is 36.3. The average molecular weight is 722 g/mol. The molecule has 1 saturated heterocycles. The zero-order chi connectivity index (χ0) is 36.1. The molecule has 2 fully saturated rings. The number of esters is 1. The number of halogens is 4. The molecule has 3 atom stereocenters. The number of methoxy groups -OCH3 is 1. The molecule has 1 saturated carbocycles. The van der Waals surface area contributed by atoms with Crippen molar-refractivity contribution in [2.75, 3.05) is 20.3 Å². The number of hydrogen-bond acceptors (Lipinski definition) is 6. The molecule has 2 bridgehead atoms. The third-order valence-corrected chi connectivity index (χ3v) is 10.1. The van der Waals surface area contributed by atoms with Gasteiger partial charge in [-0.2, -0.15) is 4.39 Å². The van der Waals surface area contributed by atoms with E-state index in [1.807, 2.05) is 47.4 Å². The number of nitrogens with zero attached hydrogens (tertiary/aromatic N) is 2. The van der Waals surface area contributed by atoms with Crippen LogP contribution in [0.25, 0.3) is 0 Å². The van der Waals surface area contributed by atoms with Crippen LogP contribution in [0.1, 0.15) is 61.6 Å². The minimum absolute atomic E-state index is 0.00780. The summed E-state index contributed by atoms with van der Waals surface area (Å²) < 4.78 is 51.5. The van der Waals surface area contributed by atoms with Crippen LogP contribution in [0.3, 0.4) is 0 Å². The molecule has 0 radical (unpaired) electrons. The lowest BCUT2D eigenvalue weighted by atomic mass is 9.73. The number of rotatable bonds is 14. The number of piperazine rings is 1. The van der Waals surface area contributed by atoms with Crippen molar-refractivity contribution in [3.05, 3.63) is 99.8 Å². The third kappa shape index (κ3) is 8.03. The third-order valence-electron chi connectivity index (χ3n) is 9.68. The summed E-state index contributed by atoms with van der Waals surface area (Å²) in [5, 5.41) is 4.19. The van der Waals surface area contributed by atoms with E-state index < -0.39 is 40.8 Å². The van der Waals surface area contributed by atoms with Crippen molar-refractivity contribution in [2.45, 2.75) is 81.6 Å². The van der Waals surface area contributed by atoms with Crippen molar-refractivity contribution in [1.29, 1.82) is 0 Å². The van der Waals surface area contributed by atoms with Gasteiger partial charge in [0.1, 0.15) is 6.04 Å². The van der Waals surface area contributed by atoms with Crippen molar-refractivity contribution in [1.82, 2.24) is 15.1 Å². The molecule has 12 heteroatoms. The fraction of sp³-hybridized carbons (Fsp3) is 0.410. The number of aryl methyl sites for hydroxylation is 1. The van der Waals surface area contributed by atoms with Crippen molar-refractivity contribution < 1.29 is 37.0 Å². The normalized spacial score (nSPS) is 20.6. The molecule has 51 heavy (non-hydrogen) atoms. The van der Waals surface area contributed by atoms with Crippen LogP contribution < -0.4 is 10.1 Å². The van der Waals surface area contributed by atoms with E-state index in [2.05, 4.69) is 17.2 Å². The van der Waals surface area contributed by atoms with Crippen LogP contribution in [0.5, 0.6) is 5.75 Å². The monoisotopic (exact) mass is 721 g/mol. The number of amides is 2. The van der Waals surface area contributed by atoms with Crippen LogP contribution in [0, 0.1) is 29.3 Å². The largest absolute Gasteiger partial charge is 0.488 e. The van der Waals surface area contributed by atoms with Crippen molar-refractivity contribution in [3.8, 4) is 17.6 Å². The fourth-order valence-corrected chi connectivity index (χ4v) is 7.11. The van der Waals surface area contributed by atoms with Crippen LogP contribution in [0.2, 0.25) is 5.02 Å². The van der Waals surface area contributed by atoms with Gasteiger partial charge in [-0.15, -0.1) is 0 Å². The number of carbonyl (C=O) groups is 3. The van der Waals surface area contributed by atoms with Crippen LogP contribution in [-0.2, 0) is 37.6 Å². The molecule has 1 N–H and O–H groups in total. The van der Waals surface area contributed by atoms with E-state index in [1.54, 1.807) is 11.0 Å². The predicted octanol–water partition coefficient (Wildman–Crippen LogP) is 6.07. The molecule has 0 aromatic heterocycles. The van der Waals surface area contributed by atoms with Gasteiger partial charge in [0, 0.05) is 43.4 Å². The lowest BCUT2D eigenvalue weighted by Gasteiger charge is -2.53. The minimum atomic E-state index is -1.36. The molecule has 3 aromatic carbocycles. The first-order valence-corrected chi connectivity index (χ1v) is 17.5. The Kier molecular flexibility index (Phi) is 11.2. The van der Waals surface area contributed by atoms with Gasteiger partial charge >= 0.3 is 5.97 Å². The summed E-state index contributed by atoms with van der Waals surface area (Å²) in [7, 11) is 1.30. The molecule has 2 heterocycles. The van der Waals surface area contributed by atoms with Crippen LogP contribution in [-0.4, -0.2) is 66.0 Å². The molecular formula is C39H39ClF3N3O5. The molecular weight excluding hydrogens is 683 g/mol. The molecule has 1 unspecified atom stereocenters. The van der Waals surface area contributed by atoms with E-state index in [1.165, 1.54) is 7.11 Å². The fourth-order valence-electron chi connectivity index (χ4n) is 6.91. The number of hydrogen-bond donors (Lipinski definition) is 1. The number of fused-ring (bicyclic) bond motifs is 2. The summed E-state index contributed by atoms with van der Waals surface area (Å²) in [6.45, 7) is 0.463. The molecule has 3 aliphatic rings. The van der Waals surface area contributed by atoms with E-state index in [0.29, 0.717) is 30.5 Å². The maximum absolute atomic E-state index is 15.0. The number of nitrogens with one attached hydrogen (secondary N) is 1. The number of ether oxygens (including phenoxy) is 2. The Balaban J connectivity index is 1.26. The van der Waals surface area contributed by atoms with Gasteiger partial charge in [0.2, 0.25) is 17.6 Å². The average Bonchev–Trinajstić information content (AvgIpc) is 3.98. The lowest BCUT2D eigenvalue weighted by molar-refractivity contribution is -0.155. The van der Waals surface area contributed by atoms with Gasteiger partial charge in [-0.1, -0.05) is 65.9 Å². The number of carbonyl (C=O) groups excluding carboxylic acids is 3. The van der Waals surface area contributed by atoms with Crippen molar-refractivity contribution >= 4 is 29.4 Å². The van der Waals surface area contributed by atoms with E-state index in [4.69, 9.17) is 21.1 Å². The Morgan fingerprint density at radius 1 is 1.00 bits per heavy atom. The summed E-state index contributed by atoms with van der Waals surface area (Å²) in [6.07, 6.45) is 3.29. The van der Waals surface area contributed by atoms with Gasteiger partial charge in [-0.3, -0.25) is 19.7 Å². The highest BCUT2D eigenvalue weighted by atomic mass is 35.5. The Morgan fingerprint density at radius 3 is 2.47 bits per heavy atom. The molecule has 6 rings (SSSR count). The van der Waals surface area contributed by atoms with Crippen molar-refractivity contribution in [2.24, 2.45) is 0 Å². The Labute approximate surface area is 300 Å². The highest BCUT2D eigenvalue weighted by molar-refractivity contribution is 6.31. The quantitative estimate of drug-likeness (QED) is 0.0941. The second-order valence-electron chi connectivity index (χ2n) is 13.2. The number of benzene rings is 3. The van der Waals surface area contributed by atoms with Gasteiger partial charge in [0.15, 0.2) is 17.4 Å². The van der Waals surface area contributed by atoms with Crippen LogP contribution >= 0.6 is 11.6 Å².